The molecule has 0 bridgehead atoms. The van der Waals surface area contributed by atoms with E-state index < -0.39 is 12.1 Å². The summed E-state index contributed by atoms with van der Waals surface area (Å²) >= 11 is 6.00. The molecule has 3 aromatic rings. The van der Waals surface area contributed by atoms with Gasteiger partial charge in [0.1, 0.15) is 6.17 Å². The second kappa shape index (κ2) is 6.57. The van der Waals surface area contributed by atoms with Crippen LogP contribution in [-0.2, 0) is 4.79 Å². The molecule has 6 nitrogen and oxygen atoms in total. The van der Waals surface area contributed by atoms with E-state index in [4.69, 9.17) is 11.6 Å². The Labute approximate surface area is 154 Å². The monoisotopic (exact) mass is 373 g/mol. The number of hydrogen-bond donors (Lipinski definition) is 2. The van der Waals surface area contributed by atoms with Crippen LogP contribution in [0.3, 0.4) is 0 Å². The molecule has 26 heavy (non-hydrogen) atoms. The van der Waals surface area contributed by atoms with Crippen molar-refractivity contribution in [3.63, 3.8) is 0 Å². The van der Waals surface area contributed by atoms with Gasteiger partial charge in [0.2, 0.25) is 5.91 Å². The van der Waals surface area contributed by atoms with Crippen LogP contribution in [-0.4, -0.2) is 32.1 Å². The van der Waals surface area contributed by atoms with Crippen LogP contribution in [0.2, 0.25) is 5.02 Å². The molecule has 0 spiro atoms. The van der Waals surface area contributed by atoms with Gasteiger partial charge in [0, 0.05) is 34.5 Å². The van der Waals surface area contributed by atoms with E-state index >= 15 is 0 Å². The predicted molar refractivity (Wildman–Crippen MR) is 96.5 cm³/mol. The first-order valence-electron chi connectivity index (χ1n) is 8.32. The molecular weight excluding hydrogens is 357 g/mol. The smallest absolute Gasteiger partial charge is 0.232 e. The number of amides is 1. The SMILES string of the molecule is C[C@H](C(=O)Nc1cc(C2CC2F)[nH]n1)c1cnn(-c2cccc(Cl)c2)c1. The van der Waals surface area contributed by atoms with Crippen LogP contribution in [0.5, 0.6) is 0 Å². The Hall–Kier alpha value is -2.67. The van der Waals surface area contributed by atoms with Gasteiger partial charge in [0.05, 0.1) is 17.8 Å². The summed E-state index contributed by atoms with van der Waals surface area (Å²) in [5.74, 6) is -0.348. The number of aromatic amines is 1. The topological polar surface area (TPSA) is 75.6 Å². The van der Waals surface area contributed by atoms with E-state index in [0.717, 1.165) is 11.3 Å². The molecule has 1 aliphatic rings. The van der Waals surface area contributed by atoms with Gasteiger partial charge in [-0.15, -0.1) is 0 Å². The number of rotatable bonds is 5. The molecule has 8 heteroatoms. The highest BCUT2D eigenvalue weighted by atomic mass is 35.5. The quantitative estimate of drug-likeness (QED) is 0.714. The van der Waals surface area contributed by atoms with Crippen molar-refractivity contribution >= 4 is 23.3 Å². The highest BCUT2D eigenvalue weighted by Gasteiger charge is 2.40. The zero-order valence-electron chi connectivity index (χ0n) is 14.0. The van der Waals surface area contributed by atoms with E-state index in [1.54, 1.807) is 42.2 Å². The summed E-state index contributed by atoms with van der Waals surface area (Å²) in [4.78, 5) is 12.5. The summed E-state index contributed by atoms with van der Waals surface area (Å²) in [6.07, 6.45) is 3.15. The minimum absolute atomic E-state index is 0.124. The van der Waals surface area contributed by atoms with Crippen LogP contribution in [0.4, 0.5) is 10.2 Å². The molecule has 0 aliphatic heterocycles. The molecule has 0 radical (unpaired) electrons. The summed E-state index contributed by atoms with van der Waals surface area (Å²) in [5, 5.41) is 14.5. The van der Waals surface area contributed by atoms with Crippen molar-refractivity contribution < 1.29 is 9.18 Å². The van der Waals surface area contributed by atoms with Gasteiger partial charge in [0.15, 0.2) is 5.82 Å². The fraction of sp³-hybridized carbons (Fsp3) is 0.278. The third-order valence-electron chi connectivity index (χ3n) is 4.53. The molecule has 1 amide bonds. The maximum absolute atomic E-state index is 13.1. The number of carbonyl (C=O) groups is 1. The van der Waals surface area contributed by atoms with E-state index in [1.807, 2.05) is 12.1 Å². The van der Waals surface area contributed by atoms with Crippen molar-refractivity contribution in [2.24, 2.45) is 0 Å². The Kier molecular flexibility index (Phi) is 4.24. The molecule has 2 unspecified atom stereocenters. The highest BCUT2D eigenvalue weighted by Crippen LogP contribution is 2.43. The van der Waals surface area contributed by atoms with Gasteiger partial charge in [-0.05, 0) is 31.5 Å². The van der Waals surface area contributed by atoms with E-state index in [2.05, 4.69) is 20.6 Å². The molecule has 1 fully saturated rings. The molecule has 3 atom stereocenters. The van der Waals surface area contributed by atoms with Gasteiger partial charge >= 0.3 is 0 Å². The summed E-state index contributed by atoms with van der Waals surface area (Å²) < 4.78 is 14.8. The standard InChI is InChI=1S/C18H17ClFN5O/c1-10(11-8-21-25(9-11)13-4-2-3-12(19)5-13)18(26)22-17-7-16(23-24-17)14-6-15(14)20/h2-5,7-10,14-15H,6H2,1H3,(H2,22,23,24,26)/t10-,14?,15?/m0/s1. The van der Waals surface area contributed by atoms with Gasteiger partial charge in [-0.25, -0.2) is 9.07 Å². The number of carbonyl (C=O) groups excluding carboxylic acids is 1. The van der Waals surface area contributed by atoms with Crippen LogP contribution in [0.25, 0.3) is 5.69 Å². The minimum Gasteiger partial charge on any atom is -0.309 e. The molecule has 1 aromatic carbocycles. The number of benzene rings is 1. The Bertz CT molecular complexity index is 952. The zero-order valence-corrected chi connectivity index (χ0v) is 14.7. The first kappa shape index (κ1) is 16.8. The van der Waals surface area contributed by atoms with Gasteiger partial charge in [-0.3, -0.25) is 9.89 Å². The zero-order chi connectivity index (χ0) is 18.3. The van der Waals surface area contributed by atoms with Gasteiger partial charge in [0.25, 0.3) is 0 Å². The molecule has 4 rings (SSSR count). The average Bonchev–Trinajstić information content (AvgIpc) is 3.05. The summed E-state index contributed by atoms with van der Waals surface area (Å²) in [6.45, 7) is 1.79. The minimum atomic E-state index is -0.810. The largest absolute Gasteiger partial charge is 0.309 e. The second-order valence-electron chi connectivity index (χ2n) is 6.48. The molecule has 0 saturated heterocycles. The fourth-order valence-electron chi connectivity index (χ4n) is 2.78. The summed E-state index contributed by atoms with van der Waals surface area (Å²) in [5.41, 5.74) is 2.30. The Morgan fingerprint density at radius 1 is 1.46 bits per heavy atom. The van der Waals surface area contributed by atoms with E-state index in [0.29, 0.717) is 23.0 Å². The first-order chi connectivity index (χ1) is 12.5. The highest BCUT2D eigenvalue weighted by molar-refractivity contribution is 6.30. The predicted octanol–water partition coefficient (Wildman–Crippen LogP) is 3.82. The number of alkyl halides is 1. The van der Waals surface area contributed by atoms with Crippen LogP contribution >= 0.6 is 11.6 Å². The molecule has 1 saturated carbocycles. The average molecular weight is 374 g/mol. The van der Waals surface area contributed by atoms with Crippen molar-refractivity contribution in [3.05, 3.63) is 59.0 Å². The number of nitrogens with one attached hydrogen (secondary N) is 2. The first-order valence-corrected chi connectivity index (χ1v) is 8.70. The molecule has 2 aromatic heterocycles. The molecule has 1 aliphatic carbocycles. The van der Waals surface area contributed by atoms with Crippen LogP contribution in [0.15, 0.2) is 42.7 Å². The number of aromatic nitrogens is 4. The number of anilines is 1. The number of nitrogens with zero attached hydrogens (tertiary/aromatic N) is 3. The van der Waals surface area contributed by atoms with Gasteiger partial charge in [-0.2, -0.15) is 10.2 Å². The van der Waals surface area contributed by atoms with E-state index in [-0.39, 0.29) is 11.8 Å². The van der Waals surface area contributed by atoms with E-state index in [9.17, 15) is 9.18 Å². The Morgan fingerprint density at radius 3 is 3.00 bits per heavy atom. The van der Waals surface area contributed by atoms with Crippen molar-refractivity contribution in [3.8, 4) is 5.69 Å². The molecule has 2 heterocycles. The summed E-state index contributed by atoms with van der Waals surface area (Å²) in [6, 6.07) is 8.99. The van der Waals surface area contributed by atoms with Gasteiger partial charge in [-0.1, -0.05) is 17.7 Å². The lowest BCUT2D eigenvalue weighted by atomic mass is 10.0. The summed E-state index contributed by atoms with van der Waals surface area (Å²) in [7, 11) is 0. The molecule has 134 valence electrons. The Morgan fingerprint density at radius 2 is 2.27 bits per heavy atom. The Balaban J connectivity index is 1.44. The normalized spacial score (nSPS) is 20.0. The number of halogens is 2. The van der Waals surface area contributed by atoms with Crippen molar-refractivity contribution in [1.29, 1.82) is 0 Å². The fourth-order valence-corrected chi connectivity index (χ4v) is 2.97. The van der Waals surface area contributed by atoms with Crippen molar-refractivity contribution in [1.82, 2.24) is 20.0 Å². The number of hydrogen-bond acceptors (Lipinski definition) is 3. The van der Waals surface area contributed by atoms with Crippen LogP contribution in [0, 0.1) is 0 Å². The lowest BCUT2D eigenvalue weighted by molar-refractivity contribution is -0.117. The van der Waals surface area contributed by atoms with Crippen LogP contribution in [0.1, 0.15) is 36.4 Å². The third-order valence-corrected chi connectivity index (χ3v) is 4.76. The molecule has 2 N–H and O–H groups in total. The lowest BCUT2D eigenvalue weighted by Gasteiger charge is -2.08. The maximum atomic E-state index is 13.1. The van der Waals surface area contributed by atoms with Crippen molar-refractivity contribution in [2.45, 2.75) is 31.4 Å². The molecular formula is C18H17ClFN5O. The van der Waals surface area contributed by atoms with Crippen LogP contribution < -0.4 is 5.32 Å². The van der Waals surface area contributed by atoms with Gasteiger partial charge < -0.3 is 5.32 Å². The third kappa shape index (κ3) is 3.35. The lowest BCUT2D eigenvalue weighted by Crippen LogP contribution is -2.18. The van der Waals surface area contributed by atoms with E-state index in [1.165, 1.54) is 0 Å². The maximum Gasteiger partial charge on any atom is 0.232 e. The van der Waals surface area contributed by atoms with Crippen molar-refractivity contribution in [2.75, 3.05) is 5.32 Å². The number of H-pyrrole nitrogens is 1. The second-order valence-corrected chi connectivity index (χ2v) is 6.91.